The van der Waals surface area contributed by atoms with Crippen molar-refractivity contribution in [2.24, 2.45) is 5.73 Å². The first-order valence-corrected chi connectivity index (χ1v) is 7.02. The van der Waals surface area contributed by atoms with Gasteiger partial charge in [0, 0.05) is 6.04 Å². The predicted molar refractivity (Wildman–Crippen MR) is 78.9 cm³/mol. The Bertz CT molecular complexity index is 643. The molecular weight excluding hydrogens is 238 g/mol. The van der Waals surface area contributed by atoms with Crippen LogP contribution in [0.4, 0.5) is 0 Å². The van der Waals surface area contributed by atoms with Crippen LogP contribution in [0.3, 0.4) is 0 Å². The maximum Gasteiger partial charge on any atom is 0.0344 e. The van der Waals surface area contributed by atoms with Gasteiger partial charge in [0.2, 0.25) is 0 Å². The number of fused-ring (bicyclic) bond motifs is 1. The van der Waals surface area contributed by atoms with Crippen molar-refractivity contribution in [3.05, 3.63) is 70.4 Å². The number of rotatable bonds is 3. The largest absolute Gasteiger partial charge is 0.324 e. The van der Waals surface area contributed by atoms with Gasteiger partial charge < -0.3 is 5.73 Å². The van der Waals surface area contributed by atoms with Gasteiger partial charge in [-0.25, -0.2) is 0 Å². The van der Waals surface area contributed by atoms with Crippen molar-refractivity contribution in [2.75, 3.05) is 0 Å². The van der Waals surface area contributed by atoms with E-state index < -0.39 is 0 Å². The van der Waals surface area contributed by atoms with Crippen LogP contribution in [0, 0.1) is 0 Å². The van der Waals surface area contributed by atoms with E-state index in [1.165, 1.54) is 21.9 Å². The number of thiophene rings is 1. The summed E-state index contributed by atoms with van der Waals surface area (Å²) in [7, 11) is 0. The normalized spacial score (nSPS) is 12.7. The van der Waals surface area contributed by atoms with Crippen LogP contribution >= 0.6 is 11.3 Å². The predicted octanol–water partition coefficient (Wildman–Crippen LogP) is 4.14. The Labute approximate surface area is 111 Å². The van der Waals surface area contributed by atoms with E-state index in [9.17, 15) is 0 Å². The first-order valence-electron chi connectivity index (χ1n) is 6.08. The lowest BCUT2D eigenvalue weighted by atomic mass is 9.99. The Morgan fingerprint density at radius 3 is 2.61 bits per heavy atom. The third-order valence-electron chi connectivity index (χ3n) is 3.24. The van der Waals surface area contributed by atoms with Crippen molar-refractivity contribution >= 4 is 22.1 Å². The van der Waals surface area contributed by atoms with Crippen molar-refractivity contribution < 1.29 is 0 Å². The smallest absolute Gasteiger partial charge is 0.0344 e. The van der Waals surface area contributed by atoms with E-state index in [0.29, 0.717) is 0 Å². The molecule has 90 valence electrons. The zero-order chi connectivity index (χ0) is 12.4. The van der Waals surface area contributed by atoms with E-state index in [1.54, 1.807) is 11.3 Å². The molecule has 1 atom stereocenters. The Balaban J connectivity index is 1.86. The molecule has 18 heavy (non-hydrogen) atoms. The van der Waals surface area contributed by atoms with Gasteiger partial charge in [-0.05, 0) is 45.1 Å². The standard InChI is InChI=1S/C16H15NS/c17-16(15-7-8-18-11-15)10-12-5-6-13-3-1-2-4-14(13)9-12/h1-9,11,16H,10,17H2. The van der Waals surface area contributed by atoms with Crippen LogP contribution < -0.4 is 5.73 Å². The lowest BCUT2D eigenvalue weighted by Gasteiger charge is -2.10. The highest BCUT2D eigenvalue weighted by molar-refractivity contribution is 7.07. The summed E-state index contributed by atoms with van der Waals surface area (Å²) in [5, 5.41) is 6.78. The maximum absolute atomic E-state index is 6.22. The van der Waals surface area contributed by atoms with Crippen LogP contribution in [0.5, 0.6) is 0 Å². The molecule has 2 aromatic carbocycles. The van der Waals surface area contributed by atoms with E-state index in [0.717, 1.165) is 6.42 Å². The van der Waals surface area contributed by atoms with Crippen molar-refractivity contribution in [3.63, 3.8) is 0 Å². The minimum absolute atomic E-state index is 0.0948. The van der Waals surface area contributed by atoms with Crippen molar-refractivity contribution in [2.45, 2.75) is 12.5 Å². The maximum atomic E-state index is 6.22. The third kappa shape index (κ3) is 2.30. The van der Waals surface area contributed by atoms with E-state index >= 15 is 0 Å². The molecule has 0 radical (unpaired) electrons. The lowest BCUT2D eigenvalue weighted by molar-refractivity contribution is 0.726. The van der Waals surface area contributed by atoms with E-state index in [-0.39, 0.29) is 6.04 Å². The lowest BCUT2D eigenvalue weighted by Crippen LogP contribution is -2.12. The molecule has 2 N–H and O–H groups in total. The molecule has 0 aliphatic heterocycles. The molecule has 0 saturated heterocycles. The first kappa shape index (κ1) is 11.5. The molecule has 0 saturated carbocycles. The summed E-state index contributed by atoms with van der Waals surface area (Å²) < 4.78 is 0. The fourth-order valence-corrected chi connectivity index (χ4v) is 2.95. The number of benzene rings is 2. The van der Waals surface area contributed by atoms with Crippen molar-refractivity contribution in [3.8, 4) is 0 Å². The molecule has 0 aliphatic carbocycles. The molecular formula is C16H15NS. The fourth-order valence-electron chi connectivity index (χ4n) is 2.22. The second-order valence-corrected chi connectivity index (χ2v) is 5.33. The second-order valence-electron chi connectivity index (χ2n) is 4.55. The Morgan fingerprint density at radius 1 is 1.00 bits per heavy atom. The molecule has 0 spiro atoms. The topological polar surface area (TPSA) is 26.0 Å². The number of nitrogens with two attached hydrogens (primary N) is 1. The van der Waals surface area contributed by atoms with Crippen LogP contribution in [0.2, 0.25) is 0 Å². The van der Waals surface area contributed by atoms with Crippen LogP contribution in [0.1, 0.15) is 17.2 Å². The molecule has 1 heterocycles. The Kier molecular flexibility index (Phi) is 3.13. The molecule has 0 aliphatic rings. The zero-order valence-electron chi connectivity index (χ0n) is 10.0. The molecule has 1 nitrogen and oxygen atoms in total. The molecule has 0 bridgehead atoms. The van der Waals surface area contributed by atoms with Crippen LogP contribution in [-0.4, -0.2) is 0 Å². The van der Waals surface area contributed by atoms with E-state index in [2.05, 4.69) is 59.3 Å². The number of hydrogen-bond acceptors (Lipinski definition) is 2. The van der Waals surface area contributed by atoms with Gasteiger partial charge in [0.25, 0.3) is 0 Å². The summed E-state index contributed by atoms with van der Waals surface area (Å²) in [4.78, 5) is 0. The fraction of sp³-hybridized carbons (Fsp3) is 0.125. The van der Waals surface area contributed by atoms with Crippen molar-refractivity contribution in [1.82, 2.24) is 0 Å². The molecule has 1 aromatic heterocycles. The van der Waals surface area contributed by atoms with Crippen molar-refractivity contribution in [1.29, 1.82) is 0 Å². The van der Waals surface area contributed by atoms with Gasteiger partial charge in [-0.1, -0.05) is 42.5 Å². The van der Waals surface area contributed by atoms with Gasteiger partial charge >= 0.3 is 0 Å². The van der Waals surface area contributed by atoms with Gasteiger partial charge in [0.15, 0.2) is 0 Å². The highest BCUT2D eigenvalue weighted by Crippen LogP contribution is 2.21. The molecule has 2 heteroatoms. The summed E-state index contributed by atoms with van der Waals surface area (Å²) in [5.41, 5.74) is 8.75. The van der Waals surface area contributed by atoms with E-state index in [1.807, 2.05) is 0 Å². The molecule has 3 rings (SSSR count). The van der Waals surface area contributed by atoms with Gasteiger partial charge in [-0.15, -0.1) is 0 Å². The van der Waals surface area contributed by atoms with E-state index in [4.69, 9.17) is 5.73 Å². The summed E-state index contributed by atoms with van der Waals surface area (Å²) in [6.07, 6.45) is 0.890. The average molecular weight is 253 g/mol. The summed E-state index contributed by atoms with van der Waals surface area (Å²) in [5.74, 6) is 0. The van der Waals surface area contributed by atoms with Crippen LogP contribution in [-0.2, 0) is 6.42 Å². The van der Waals surface area contributed by atoms with Gasteiger partial charge in [-0.2, -0.15) is 11.3 Å². The monoisotopic (exact) mass is 253 g/mol. The quantitative estimate of drug-likeness (QED) is 0.745. The molecule has 0 fully saturated rings. The molecule has 1 unspecified atom stereocenters. The van der Waals surface area contributed by atoms with Crippen LogP contribution in [0.25, 0.3) is 10.8 Å². The minimum Gasteiger partial charge on any atom is -0.324 e. The molecule has 0 amide bonds. The average Bonchev–Trinajstić information content (AvgIpc) is 2.92. The highest BCUT2D eigenvalue weighted by Gasteiger charge is 2.07. The highest BCUT2D eigenvalue weighted by atomic mass is 32.1. The summed E-state index contributed by atoms with van der Waals surface area (Å²) in [6.45, 7) is 0. The van der Waals surface area contributed by atoms with Gasteiger partial charge in [0.1, 0.15) is 0 Å². The zero-order valence-corrected chi connectivity index (χ0v) is 10.9. The summed E-state index contributed by atoms with van der Waals surface area (Å²) >= 11 is 1.70. The Morgan fingerprint density at radius 2 is 1.83 bits per heavy atom. The number of hydrogen-bond donors (Lipinski definition) is 1. The van der Waals surface area contributed by atoms with Crippen LogP contribution in [0.15, 0.2) is 59.3 Å². The minimum atomic E-state index is 0.0948. The SMILES string of the molecule is NC(Cc1ccc2ccccc2c1)c1ccsc1. The van der Waals surface area contributed by atoms with Gasteiger partial charge in [-0.3, -0.25) is 0 Å². The first-order chi connectivity index (χ1) is 8.83. The van der Waals surface area contributed by atoms with Gasteiger partial charge in [0.05, 0.1) is 0 Å². The Hall–Kier alpha value is -1.64. The third-order valence-corrected chi connectivity index (χ3v) is 3.94. The second kappa shape index (κ2) is 4.92. The molecule has 3 aromatic rings. The summed E-state index contributed by atoms with van der Waals surface area (Å²) in [6, 6.07) is 17.2.